The molecule has 10 heteroatoms. The topological polar surface area (TPSA) is 80.1 Å². The van der Waals surface area contributed by atoms with E-state index in [0.717, 1.165) is 60.2 Å². The zero-order valence-corrected chi connectivity index (χ0v) is 21.7. The van der Waals surface area contributed by atoms with Crippen molar-refractivity contribution in [2.75, 3.05) is 47.0 Å². The Morgan fingerprint density at radius 2 is 2.03 bits per heavy atom. The molecule has 2 amide bonds. The highest BCUT2D eigenvalue weighted by Crippen LogP contribution is 2.29. The molecular formula is C26H32FN5O3S. The number of hydrogen-bond acceptors (Lipinski definition) is 6. The maximum absolute atomic E-state index is 13.8. The van der Waals surface area contributed by atoms with Crippen LogP contribution in [-0.4, -0.2) is 62.5 Å². The van der Waals surface area contributed by atoms with Gasteiger partial charge in [0.1, 0.15) is 11.6 Å². The molecule has 4 rings (SSSR count). The molecule has 2 N–H and O–H groups in total. The zero-order chi connectivity index (χ0) is 25.5. The van der Waals surface area contributed by atoms with Crippen LogP contribution in [0.2, 0.25) is 0 Å². The highest BCUT2D eigenvalue weighted by atomic mass is 32.1. The highest BCUT2D eigenvalue weighted by Gasteiger charge is 2.16. The number of aromatic nitrogens is 1. The van der Waals surface area contributed by atoms with Gasteiger partial charge in [-0.2, -0.15) is 0 Å². The number of ether oxygens (including phenoxy) is 2. The first kappa shape index (κ1) is 25.9. The van der Waals surface area contributed by atoms with E-state index in [4.69, 9.17) is 14.5 Å². The van der Waals surface area contributed by atoms with Crippen molar-refractivity contribution in [3.63, 3.8) is 0 Å². The summed E-state index contributed by atoms with van der Waals surface area (Å²) in [5, 5.41) is 7.45. The number of benzene rings is 2. The van der Waals surface area contributed by atoms with Gasteiger partial charge in [-0.05, 0) is 36.8 Å². The van der Waals surface area contributed by atoms with Crippen LogP contribution < -0.4 is 20.2 Å². The maximum Gasteiger partial charge on any atom is 0.314 e. The summed E-state index contributed by atoms with van der Waals surface area (Å²) in [4.78, 5) is 19.6. The Balaban J connectivity index is 1.68. The number of halogens is 1. The molecule has 36 heavy (non-hydrogen) atoms. The highest BCUT2D eigenvalue weighted by molar-refractivity contribution is 7.07. The molecule has 1 aliphatic heterocycles. The normalized spacial score (nSPS) is 14.6. The summed E-state index contributed by atoms with van der Waals surface area (Å²) in [7, 11) is 3.27. The molecule has 0 saturated carbocycles. The van der Waals surface area contributed by atoms with Gasteiger partial charge in [0.2, 0.25) is 0 Å². The lowest BCUT2D eigenvalue weighted by molar-refractivity contribution is 0.0339. The van der Waals surface area contributed by atoms with E-state index in [-0.39, 0.29) is 11.8 Å². The quantitative estimate of drug-likeness (QED) is 0.482. The van der Waals surface area contributed by atoms with Crippen molar-refractivity contribution in [1.82, 2.24) is 20.1 Å². The van der Waals surface area contributed by atoms with Crippen molar-refractivity contribution in [1.29, 1.82) is 0 Å². The second kappa shape index (κ2) is 12.2. The first-order valence-corrected chi connectivity index (χ1v) is 12.8. The molecular weight excluding hydrogens is 481 g/mol. The van der Waals surface area contributed by atoms with Crippen molar-refractivity contribution >= 4 is 23.1 Å². The molecule has 2 aromatic carbocycles. The number of urea groups is 1. The van der Waals surface area contributed by atoms with E-state index in [2.05, 4.69) is 32.2 Å². The van der Waals surface area contributed by atoms with Gasteiger partial charge in [-0.3, -0.25) is 4.90 Å². The summed E-state index contributed by atoms with van der Waals surface area (Å²) in [5.41, 5.74) is 4.30. The monoisotopic (exact) mass is 513 g/mol. The molecule has 1 saturated heterocycles. The van der Waals surface area contributed by atoms with Crippen LogP contribution in [0.15, 0.2) is 46.8 Å². The van der Waals surface area contributed by atoms with E-state index in [1.165, 1.54) is 17.4 Å². The minimum absolute atomic E-state index is 0.242. The molecule has 8 nitrogen and oxygen atoms in total. The molecule has 2 heterocycles. The van der Waals surface area contributed by atoms with Crippen molar-refractivity contribution in [3.8, 4) is 17.0 Å². The smallest absolute Gasteiger partial charge is 0.314 e. The number of carbonyl (C=O) groups is 1. The van der Waals surface area contributed by atoms with E-state index in [1.54, 1.807) is 33.2 Å². The number of nitrogens with zero attached hydrogens (tertiary/aromatic N) is 3. The number of thiazole rings is 1. The third kappa shape index (κ3) is 6.31. The van der Waals surface area contributed by atoms with Crippen molar-refractivity contribution < 1.29 is 18.7 Å². The molecule has 192 valence electrons. The Morgan fingerprint density at radius 3 is 2.75 bits per heavy atom. The predicted octanol–water partition coefficient (Wildman–Crippen LogP) is 3.67. The average molecular weight is 514 g/mol. The Labute approximate surface area is 214 Å². The van der Waals surface area contributed by atoms with Gasteiger partial charge in [-0.15, -0.1) is 11.3 Å². The number of amides is 2. The van der Waals surface area contributed by atoms with Crippen molar-refractivity contribution in [2.24, 2.45) is 4.99 Å². The van der Waals surface area contributed by atoms with Gasteiger partial charge in [-0.1, -0.05) is 12.1 Å². The Bertz CT molecular complexity index is 1270. The van der Waals surface area contributed by atoms with Gasteiger partial charge in [-0.25, -0.2) is 14.2 Å². The SMILES string of the molecule is CNC(=O)NCCn1c(-c2ccc(CN3CCOCC3)c(OC)c2)csc1=Nc1ccc(F)c(C)c1. The van der Waals surface area contributed by atoms with E-state index in [1.807, 2.05) is 11.4 Å². The molecule has 0 spiro atoms. The number of morpholine rings is 1. The van der Waals surface area contributed by atoms with Crippen LogP contribution in [0.25, 0.3) is 11.3 Å². The minimum atomic E-state index is -0.257. The Hall–Kier alpha value is -3.21. The number of hydrogen-bond donors (Lipinski definition) is 2. The molecule has 0 aliphatic carbocycles. The van der Waals surface area contributed by atoms with Crippen molar-refractivity contribution in [3.05, 3.63) is 63.5 Å². The Kier molecular flexibility index (Phi) is 8.74. The first-order valence-electron chi connectivity index (χ1n) is 11.9. The van der Waals surface area contributed by atoms with E-state index in [9.17, 15) is 9.18 Å². The lowest BCUT2D eigenvalue weighted by Crippen LogP contribution is -2.36. The number of nitrogens with one attached hydrogen (secondary N) is 2. The summed E-state index contributed by atoms with van der Waals surface area (Å²) in [6.45, 7) is 6.77. The molecule has 1 fully saturated rings. The number of carbonyl (C=O) groups excluding carboxylic acids is 1. The fourth-order valence-electron chi connectivity index (χ4n) is 4.08. The van der Waals surface area contributed by atoms with Gasteiger partial charge < -0.3 is 24.7 Å². The van der Waals surface area contributed by atoms with Gasteiger partial charge >= 0.3 is 6.03 Å². The standard InChI is InChI=1S/C26H32FN5O3S/c1-18-14-21(6-7-22(18)27)30-26-32(9-8-29-25(33)28-2)23(17-36-26)19-4-5-20(24(15-19)34-3)16-31-10-12-35-13-11-31/h4-7,14-15,17H,8-13,16H2,1-3H3,(H2,28,29,33). The lowest BCUT2D eigenvalue weighted by Gasteiger charge is -2.27. The molecule has 3 aromatic rings. The molecule has 0 bridgehead atoms. The van der Waals surface area contributed by atoms with Crippen LogP contribution in [-0.2, 0) is 17.8 Å². The first-order chi connectivity index (χ1) is 17.5. The second-order valence-corrected chi connectivity index (χ2v) is 9.36. The zero-order valence-electron chi connectivity index (χ0n) is 20.8. The van der Waals surface area contributed by atoms with Crippen LogP contribution in [0.4, 0.5) is 14.9 Å². The van der Waals surface area contributed by atoms with Gasteiger partial charge in [0.15, 0.2) is 4.80 Å². The third-order valence-electron chi connectivity index (χ3n) is 6.09. The van der Waals surface area contributed by atoms with Gasteiger partial charge in [0.05, 0.1) is 31.7 Å². The fraction of sp³-hybridized carbons (Fsp3) is 0.385. The summed E-state index contributed by atoms with van der Waals surface area (Å²) in [5.74, 6) is 0.570. The summed E-state index contributed by atoms with van der Waals surface area (Å²) < 4.78 is 27.0. The fourth-order valence-corrected chi connectivity index (χ4v) is 5.03. The summed E-state index contributed by atoms with van der Waals surface area (Å²) in [6.07, 6.45) is 0. The van der Waals surface area contributed by atoms with Crippen molar-refractivity contribution in [2.45, 2.75) is 20.0 Å². The molecule has 0 radical (unpaired) electrons. The summed E-state index contributed by atoms with van der Waals surface area (Å²) in [6, 6.07) is 10.8. The number of methoxy groups -OCH3 is 1. The third-order valence-corrected chi connectivity index (χ3v) is 6.96. The molecule has 1 aromatic heterocycles. The molecule has 1 aliphatic rings. The van der Waals surface area contributed by atoms with E-state index in [0.29, 0.717) is 24.3 Å². The molecule has 0 unspecified atom stereocenters. The molecule has 0 atom stereocenters. The number of rotatable bonds is 8. The van der Waals surface area contributed by atoms with Gasteiger partial charge in [0.25, 0.3) is 0 Å². The predicted molar refractivity (Wildman–Crippen MR) is 139 cm³/mol. The summed E-state index contributed by atoms with van der Waals surface area (Å²) >= 11 is 1.50. The minimum Gasteiger partial charge on any atom is -0.496 e. The second-order valence-electron chi connectivity index (χ2n) is 8.52. The van der Waals surface area contributed by atoms with E-state index < -0.39 is 0 Å². The van der Waals surface area contributed by atoms with Gasteiger partial charge in [0, 0.05) is 56.3 Å². The number of aryl methyl sites for hydroxylation is 1. The maximum atomic E-state index is 13.8. The van der Waals surface area contributed by atoms with Crippen LogP contribution in [0.3, 0.4) is 0 Å². The van der Waals surface area contributed by atoms with Crippen LogP contribution in [0.1, 0.15) is 11.1 Å². The van der Waals surface area contributed by atoms with E-state index >= 15 is 0 Å². The lowest BCUT2D eigenvalue weighted by atomic mass is 10.1. The van der Waals surface area contributed by atoms with Crippen LogP contribution in [0.5, 0.6) is 5.75 Å². The average Bonchev–Trinajstić information content (AvgIpc) is 3.29. The Morgan fingerprint density at radius 1 is 1.22 bits per heavy atom. The van der Waals surface area contributed by atoms with Crippen LogP contribution >= 0.6 is 11.3 Å². The van der Waals surface area contributed by atoms with Crippen LogP contribution in [0, 0.1) is 12.7 Å². The largest absolute Gasteiger partial charge is 0.496 e.